The first-order chi connectivity index (χ1) is 28.2. The Morgan fingerprint density at radius 2 is 1.09 bits per heavy atom. The minimum Gasteiger partial charge on any atom is -0.405 e. The maximum absolute atomic E-state index is 5.68. The molecule has 0 bridgehead atoms. The summed E-state index contributed by atoms with van der Waals surface area (Å²) in [5.74, 6) is 0.654. The Bertz CT molecular complexity index is 2870. The van der Waals surface area contributed by atoms with Crippen molar-refractivity contribution in [2.75, 3.05) is 0 Å². The Hall–Kier alpha value is -7.43. The zero-order valence-electron chi connectivity index (χ0n) is 31.5. The van der Waals surface area contributed by atoms with Crippen LogP contribution in [0.4, 0.5) is 0 Å². The Morgan fingerprint density at radius 3 is 1.72 bits per heavy atom. The van der Waals surface area contributed by atoms with Gasteiger partial charge in [0.15, 0.2) is 5.82 Å². The van der Waals surface area contributed by atoms with E-state index in [2.05, 4.69) is 169 Å². The van der Waals surface area contributed by atoms with E-state index in [1.165, 1.54) is 50.0 Å². The van der Waals surface area contributed by atoms with Gasteiger partial charge in [-0.05, 0) is 115 Å². The summed E-state index contributed by atoms with van der Waals surface area (Å²) in [6.07, 6.45) is 13.0. The highest BCUT2D eigenvalue weighted by atomic mass is 14.9. The first-order valence-corrected chi connectivity index (χ1v) is 19.3. The van der Waals surface area contributed by atoms with Crippen LogP contribution in [0.5, 0.6) is 0 Å². The van der Waals surface area contributed by atoms with Crippen molar-refractivity contribution < 1.29 is 0 Å². The minimum absolute atomic E-state index is 0.654. The predicted molar refractivity (Wildman–Crippen MR) is 241 cm³/mol. The molecule has 0 amide bonds. The molecule has 7 aromatic carbocycles. The lowest BCUT2D eigenvalue weighted by Crippen LogP contribution is -1.98. The van der Waals surface area contributed by atoms with Crippen LogP contribution in [0.25, 0.3) is 88.8 Å². The second-order valence-corrected chi connectivity index (χ2v) is 14.1. The molecule has 0 unspecified atom stereocenters. The fraction of sp³-hybridized carbons (Fsp3) is 0.0377. The third kappa shape index (κ3) is 7.01. The predicted octanol–water partition coefficient (Wildman–Crippen LogP) is 13.4. The first kappa shape index (κ1) is 35.3. The number of nitrogens with zero attached hydrogens (tertiary/aromatic N) is 3. The SMILES string of the molecule is C=C/C(=C\C=C/N)c1cccc(-c2cc(-c3cccc(C4=CN=CCC4)c3)nc(-c3cccc(-c4c5ccccc5c(-c5ccccc5)c5ccccc45)c3)n2)c1. The maximum Gasteiger partial charge on any atom is 0.160 e. The lowest BCUT2D eigenvalue weighted by atomic mass is 9.85. The van der Waals surface area contributed by atoms with Gasteiger partial charge in [-0.25, -0.2) is 9.97 Å². The minimum atomic E-state index is 0.654. The molecule has 57 heavy (non-hydrogen) atoms. The van der Waals surface area contributed by atoms with Crippen molar-refractivity contribution in [2.24, 2.45) is 10.7 Å². The lowest BCUT2D eigenvalue weighted by molar-refractivity contribution is 1.10. The van der Waals surface area contributed by atoms with Gasteiger partial charge in [0.1, 0.15) is 0 Å². The molecule has 0 saturated heterocycles. The Morgan fingerprint density at radius 1 is 0.544 bits per heavy atom. The molecule has 0 atom stereocenters. The van der Waals surface area contributed by atoms with Crippen molar-refractivity contribution in [2.45, 2.75) is 12.8 Å². The van der Waals surface area contributed by atoms with Gasteiger partial charge in [-0.1, -0.05) is 152 Å². The number of aliphatic imine (C=N–C) groups is 1. The number of fused-ring (bicyclic) bond motifs is 2. The molecule has 4 heteroatoms. The van der Waals surface area contributed by atoms with Crippen LogP contribution in [0, 0.1) is 0 Å². The first-order valence-electron chi connectivity index (χ1n) is 19.3. The van der Waals surface area contributed by atoms with Crippen LogP contribution in [0.3, 0.4) is 0 Å². The van der Waals surface area contributed by atoms with Crippen molar-refractivity contribution in [3.63, 3.8) is 0 Å². The quantitative estimate of drug-likeness (QED) is 0.119. The molecule has 0 fully saturated rings. The summed E-state index contributed by atoms with van der Waals surface area (Å²) in [6, 6.07) is 56.0. The summed E-state index contributed by atoms with van der Waals surface area (Å²) < 4.78 is 0. The summed E-state index contributed by atoms with van der Waals surface area (Å²) in [6.45, 7) is 4.06. The van der Waals surface area contributed by atoms with Crippen LogP contribution in [0.15, 0.2) is 200 Å². The van der Waals surface area contributed by atoms with Crippen LogP contribution in [0.2, 0.25) is 0 Å². The second-order valence-electron chi connectivity index (χ2n) is 14.1. The monoisotopic (exact) mass is 732 g/mol. The van der Waals surface area contributed by atoms with Gasteiger partial charge in [-0.2, -0.15) is 0 Å². The highest BCUT2D eigenvalue weighted by Crippen LogP contribution is 2.44. The molecule has 0 spiro atoms. The summed E-state index contributed by atoms with van der Waals surface area (Å²) in [7, 11) is 0. The van der Waals surface area contributed by atoms with E-state index in [0.29, 0.717) is 5.82 Å². The molecule has 1 aromatic heterocycles. The molecule has 272 valence electrons. The lowest BCUT2D eigenvalue weighted by Gasteiger charge is -2.18. The van der Waals surface area contributed by atoms with Crippen LogP contribution >= 0.6 is 0 Å². The zero-order valence-corrected chi connectivity index (χ0v) is 31.5. The molecular weight excluding hydrogens is 693 g/mol. The molecule has 2 heterocycles. The van der Waals surface area contributed by atoms with Gasteiger partial charge in [0.2, 0.25) is 0 Å². The maximum atomic E-state index is 5.68. The Labute approximate surface area is 333 Å². The number of benzene rings is 7. The molecule has 8 aromatic rings. The average Bonchev–Trinajstić information content (AvgIpc) is 3.29. The highest BCUT2D eigenvalue weighted by Gasteiger charge is 2.18. The molecule has 9 rings (SSSR count). The third-order valence-corrected chi connectivity index (χ3v) is 10.6. The largest absolute Gasteiger partial charge is 0.405 e. The van der Waals surface area contributed by atoms with Crippen molar-refractivity contribution in [1.82, 2.24) is 9.97 Å². The summed E-state index contributed by atoms with van der Waals surface area (Å²) >= 11 is 0. The average molecular weight is 733 g/mol. The van der Waals surface area contributed by atoms with E-state index in [1.54, 1.807) is 0 Å². The van der Waals surface area contributed by atoms with Crippen LogP contribution in [-0.2, 0) is 0 Å². The molecule has 2 N–H and O–H groups in total. The zero-order chi connectivity index (χ0) is 38.6. The number of rotatable bonds is 9. The molecule has 1 aliphatic heterocycles. The second kappa shape index (κ2) is 15.7. The third-order valence-electron chi connectivity index (χ3n) is 10.6. The number of aromatic nitrogens is 2. The number of hydrogen-bond donors (Lipinski definition) is 1. The molecule has 4 nitrogen and oxygen atoms in total. The van der Waals surface area contributed by atoms with E-state index < -0.39 is 0 Å². The van der Waals surface area contributed by atoms with E-state index in [9.17, 15) is 0 Å². The fourth-order valence-corrected chi connectivity index (χ4v) is 7.94. The van der Waals surface area contributed by atoms with Crippen molar-refractivity contribution in [3.8, 4) is 56.2 Å². The van der Waals surface area contributed by atoms with E-state index in [4.69, 9.17) is 15.7 Å². The van der Waals surface area contributed by atoms with Gasteiger partial charge in [0, 0.05) is 29.1 Å². The molecular formula is C53H40N4. The van der Waals surface area contributed by atoms with E-state index >= 15 is 0 Å². The number of nitrogens with two attached hydrogens (primary N) is 1. The van der Waals surface area contributed by atoms with Crippen LogP contribution in [0.1, 0.15) is 24.0 Å². The van der Waals surface area contributed by atoms with E-state index in [1.807, 2.05) is 30.6 Å². The Kier molecular flexibility index (Phi) is 9.74. The van der Waals surface area contributed by atoms with E-state index in [0.717, 1.165) is 63.2 Å². The summed E-state index contributed by atoms with van der Waals surface area (Å²) in [5.41, 5.74) is 19.4. The van der Waals surface area contributed by atoms with Gasteiger partial charge >= 0.3 is 0 Å². The molecule has 0 radical (unpaired) electrons. The molecule has 1 aliphatic rings. The highest BCUT2D eigenvalue weighted by molar-refractivity contribution is 6.21. The molecule has 0 aliphatic carbocycles. The standard InChI is InChI=1S/C53H40N4/c1-2-36(23-13-29-54)38-17-10-19-40(31-38)49-34-50(41-20-11-18-39(32-41)44-24-14-30-55-35-44)57-53(56-49)43-22-12-21-42(33-43)52-47-27-8-6-25-45(47)51(37-15-4-3-5-16-37)46-26-7-9-28-48(46)52/h2-13,15-23,25-35H,1,14,24,54H2/b29-13-,36-23+. The van der Waals surface area contributed by atoms with Crippen LogP contribution in [-0.4, -0.2) is 16.2 Å². The van der Waals surface area contributed by atoms with E-state index in [-0.39, 0.29) is 0 Å². The summed E-state index contributed by atoms with van der Waals surface area (Å²) in [5, 5.41) is 4.84. The topological polar surface area (TPSA) is 64.2 Å². The number of hydrogen-bond acceptors (Lipinski definition) is 4. The normalized spacial score (nSPS) is 13.0. The van der Waals surface area contributed by atoms with Crippen molar-refractivity contribution in [3.05, 3.63) is 206 Å². The van der Waals surface area contributed by atoms with Gasteiger partial charge in [0.05, 0.1) is 11.4 Å². The summed E-state index contributed by atoms with van der Waals surface area (Å²) in [4.78, 5) is 15.0. The fourth-order valence-electron chi connectivity index (χ4n) is 7.94. The van der Waals surface area contributed by atoms with Gasteiger partial charge < -0.3 is 5.73 Å². The molecule has 0 saturated carbocycles. The van der Waals surface area contributed by atoms with Crippen molar-refractivity contribution >= 4 is 38.9 Å². The van der Waals surface area contributed by atoms with Gasteiger partial charge in [-0.15, -0.1) is 0 Å². The Balaban J connectivity index is 1.24. The van der Waals surface area contributed by atoms with Gasteiger partial charge in [-0.3, -0.25) is 4.99 Å². The van der Waals surface area contributed by atoms with Crippen LogP contribution < -0.4 is 5.73 Å². The smallest absolute Gasteiger partial charge is 0.160 e. The van der Waals surface area contributed by atoms with Crippen molar-refractivity contribution in [1.29, 1.82) is 0 Å². The van der Waals surface area contributed by atoms with Gasteiger partial charge in [0.25, 0.3) is 0 Å². The number of allylic oxidation sites excluding steroid dienone is 5.